The number of carbonyl (C=O) groups is 5. The van der Waals surface area contributed by atoms with Gasteiger partial charge < -0.3 is 13.9 Å². The van der Waals surface area contributed by atoms with E-state index in [-0.39, 0.29) is 22.5 Å². The number of cyclic esters (lactones) is 2. The summed E-state index contributed by atoms with van der Waals surface area (Å²) in [5.41, 5.74) is 0.245. The van der Waals surface area contributed by atoms with Gasteiger partial charge in [0.15, 0.2) is 17.3 Å². The number of allylic oxidation sites excluding steroid dienone is 4. The van der Waals surface area contributed by atoms with E-state index in [0.29, 0.717) is 0 Å². The normalized spacial score (nSPS) is 22.7. The van der Waals surface area contributed by atoms with E-state index in [1.807, 2.05) is 0 Å². The zero-order valence-electron chi connectivity index (χ0n) is 15.1. The van der Waals surface area contributed by atoms with E-state index in [0.717, 1.165) is 6.07 Å². The number of furan rings is 1. The van der Waals surface area contributed by atoms with Crippen LogP contribution in [-0.4, -0.2) is 35.1 Å². The van der Waals surface area contributed by atoms with Crippen molar-refractivity contribution in [3.8, 4) is 0 Å². The van der Waals surface area contributed by atoms with Gasteiger partial charge in [0, 0.05) is 25.0 Å². The van der Waals surface area contributed by atoms with E-state index in [9.17, 15) is 24.0 Å². The quantitative estimate of drug-likeness (QED) is 0.336. The molecule has 0 atom stereocenters. The van der Waals surface area contributed by atoms with E-state index < -0.39 is 46.8 Å². The highest BCUT2D eigenvalue weighted by atomic mass is 16.7. The van der Waals surface area contributed by atoms with Crippen molar-refractivity contribution >= 4 is 29.3 Å². The zero-order chi connectivity index (χ0) is 20.1. The first-order valence-electron chi connectivity index (χ1n) is 8.17. The molecule has 2 aliphatic rings. The summed E-state index contributed by atoms with van der Waals surface area (Å²) in [5, 5.41) is 0. The summed E-state index contributed by atoms with van der Waals surface area (Å²) in [4.78, 5) is 61.9. The van der Waals surface area contributed by atoms with Crippen molar-refractivity contribution in [3.05, 3.63) is 46.4 Å². The molecule has 1 aromatic heterocycles. The monoisotopic (exact) mass is 372 g/mol. The van der Waals surface area contributed by atoms with Crippen LogP contribution in [0, 0.1) is 5.92 Å². The van der Waals surface area contributed by atoms with Gasteiger partial charge in [0.25, 0.3) is 5.79 Å². The van der Waals surface area contributed by atoms with Crippen molar-refractivity contribution in [1.82, 2.24) is 0 Å². The number of hydrogen-bond acceptors (Lipinski definition) is 8. The van der Waals surface area contributed by atoms with Gasteiger partial charge in [-0.25, -0.2) is 0 Å². The highest BCUT2D eigenvalue weighted by molar-refractivity contribution is 6.31. The van der Waals surface area contributed by atoms with E-state index >= 15 is 0 Å². The summed E-state index contributed by atoms with van der Waals surface area (Å²) in [5.74, 6) is -8.40. The number of Topliss-reactive ketones (excluding diaryl/α,β-unsaturated/α-hetero) is 3. The Hall–Kier alpha value is -3.29. The highest BCUT2D eigenvalue weighted by Crippen LogP contribution is 2.33. The van der Waals surface area contributed by atoms with Crippen LogP contribution in [0.4, 0.5) is 0 Å². The van der Waals surface area contributed by atoms with Gasteiger partial charge in [0.1, 0.15) is 0 Å². The van der Waals surface area contributed by atoms with Crippen LogP contribution in [0.5, 0.6) is 0 Å². The average Bonchev–Trinajstić information content (AvgIpc) is 3.01. The van der Waals surface area contributed by atoms with Gasteiger partial charge in [-0.2, -0.15) is 0 Å². The second kappa shape index (κ2) is 6.15. The summed E-state index contributed by atoms with van der Waals surface area (Å²) in [6.07, 6.45) is 2.96. The molecule has 8 heteroatoms. The minimum atomic E-state index is -1.88. The third-order valence-corrected chi connectivity index (χ3v) is 4.21. The maximum Gasteiger partial charge on any atom is 0.331 e. The van der Waals surface area contributed by atoms with Crippen LogP contribution in [0.1, 0.15) is 59.2 Å². The number of hydrogen-bond donors (Lipinski definition) is 0. The fourth-order valence-corrected chi connectivity index (χ4v) is 3.01. The van der Waals surface area contributed by atoms with Crippen molar-refractivity contribution < 1.29 is 37.9 Å². The van der Waals surface area contributed by atoms with Gasteiger partial charge in [-0.15, -0.1) is 0 Å². The fourth-order valence-electron chi connectivity index (χ4n) is 3.01. The molecule has 0 unspecified atom stereocenters. The molecule has 27 heavy (non-hydrogen) atoms. The second-order valence-electron chi connectivity index (χ2n) is 6.46. The Labute approximate surface area is 153 Å². The molecule has 1 saturated heterocycles. The Morgan fingerprint density at radius 2 is 1.48 bits per heavy atom. The topological polar surface area (TPSA) is 117 Å². The molecule has 1 aromatic rings. The number of esters is 2. The molecule has 0 amide bonds. The summed E-state index contributed by atoms with van der Waals surface area (Å²) in [6, 6.07) is 1.06. The van der Waals surface area contributed by atoms with Crippen molar-refractivity contribution in [2.24, 2.45) is 5.92 Å². The average molecular weight is 372 g/mol. The SMILES string of the molecule is C/C=C1/C(=O)c2cc(C(=O)C3C(=O)OC(C)(C)OC3=O)oc2C(=O)/C1=C/C. The Morgan fingerprint density at radius 3 is 2.00 bits per heavy atom. The lowest BCUT2D eigenvalue weighted by atomic mass is 9.86. The third kappa shape index (κ3) is 2.83. The molecule has 1 aliphatic heterocycles. The molecule has 1 aliphatic carbocycles. The standard InChI is InChI=1S/C19H16O8/c1-5-8-9(6-2)14(21)16-10(13(8)20)7-11(25-16)15(22)12-17(23)26-19(3,4)27-18(12)24/h5-7,12H,1-4H3/b8-5+,9-6+. The lowest BCUT2D eigenvalue weighted by Crippen LogP contribution is -2.49. The van der Waals surface area contributed by atoms with E-state index in [1.165, 1.54) is 26.0 Å². The van der Waals surface area contributed by atoms with Crippen molar-refractivity contribution in [2.75, 3.05) is 0 Å². The molecular formula is C19H16O8. The number of fused-ring (bicyclic) bond motifs is 1. The largest absolute Gasteiger partial charge is 0.449 e. The Bertz CT molecular complexity index is 902. The first kappa shape index (κ1) is 18.5. The predicted octanol–water partition coefficient (Wildman–Crippen LogP) is 2.19. The van der Waals surface area contributed by atoms with Crippen LogP contribution in [-0.2, 0) is 19.1 Å². The molecule has 0 N–H and O–H groups in total. The molecule has 140 valence electrons. The molecule has 0 radical (unpaired) electrons. The summed E-state index contributed by atoms with van der Waals surface area (Å²) >= 11 is 0. The lowest BCUT2D eigenvalue weighted by molar-refractivity contribution is -0.236. The Morgan fingerprint density at radius 1 is 0.963 bits per heavy atom. The molecule has 8 nitrogen and oxygen atoms in total. The number of ether oxygens (including phenoxy) is 2. The summed E-state index contributed by atoms with van der Waals surface area (Å²) in [7, 11) is 0. The first-order valence-corrected chi connectivity index (χ1v) is 8.17. The van der Waals surface area contributed by atoms with Crippen LogP contribution < -0.4 is 0 Å². The summed E-state index contributed by atoms with van der Waals surface area (Å²) in [6.45, 7) is 5.91. The smallest absolute Gasteiger partial charge is 0.331 e. The maximum absolute atomic E-state index is 12.6. The molecule has 1 fully saturated rings. The first-order chi connectivity index (χ1) is 12.6. The fraction of sp³-hybridized carbons (Fsp3) is 0.316. The zero-order valence-corrected chi connectivity index (χ0v) is 15.1. The van der Waals surface area contributed by atoms with Crippen molar-refractivity contribution in [2.45, 2.75) is 33.5 Å². The van der Waals surface area contributed by atoms with Gasteiger partial charge in [0.2, 0.25) is 17.5 Å². The Balaban J connectivity index is 2.02. The van der Waals surface area contributed by atoms with E-state index in [2.05, 4.69) is 0 Å². The van der Waals surface area contributed by atoms with Crippen LogP contribution in [0.25, 0.3) is 0 Å². The van der Waals surface area contributed by atoms with Gasteiger partial charge in [-0.05, 0) is 19.9 Å². The molecule has 0 aromatic carbocycles. The number of carbonyl (C=O) groups excluding carboxylic acids is 5. The number of ketones is 3. The molecule has 3 rings (SSSR count). The maximum atomic E-state index is 12.6. The predicted molar refractivity (Wildman–Crippen MR) is 89.0 cm³/mol. The molecular weight excluding hydrogens is 356 g/mol. The van der Waals surface area contributed by atoms with Gasteiger partial charge in [0.05, 0.1) is 5.56 Å². The minimum absolute atomic E-state index is 0.0973. The van der Waals surface area contributed by atoms with Gasteiger partial charge in [-0.1, -0.05) is 12.2 Å². The van der Waals surface area contributed by atoms with E-state index in [4.69, 9.17) is 13.9 Å². The third-order valence-electron chi connectivity index (χ3n) is 4.21. The van der Waals surface area contributed by atoms with Gasteiger partial charge in [-0.3, -0.25) is 24.0 Å². The highest BCUT2D eigenvalue weighted by Gasteiger charge is 2.49. The van der Waals surface area contributed by atoms with Crippen molar-refractivity contribution in [1.29, 1.82) is 0 Å². The van der Waals surface area contributed by atoms with Crippen LogP contribution in [0.3, 0.4) is 0 Å². The summed E-state index contributed by atoms with van der Waals surface area (Å²) < 4.78 is 15.1. The minimum Gasteiger partial charge on any atom is -0.449 e. The molecule has 0 bridgehead atoms. The van der Waals surface area contributed by atoms with Gasteiger partial charge >= 0.3 is 11.9 Å². The Kier molecular flexibility index (Phi) is 4.22. The van der Waals surface area contributed by atoms with Crippen LogP contribution in [0.2, 0.25) is 0 Å². The molecule has 0 saturated carbocycles. The molecule has 2 heterocycles. The molecule has 0 spiro atoms. The van der Waals surface area contributed by atoms with Crippen molar-refractivity contribution in [3.63, 3.8) is 0 Å². The second-order valence-corrected chi connectivity index (χ2v) is 6.46. The van der Waals surface area contributed by atoms with Crippen LogP contribution >= 0.6 is 0 Å². The number of rotatable bonds is 2. The van der Waals surface area contributed by atoms with Crippen LogP contribution in [0.15, 0.2) is 33.8 Å². The van der Waals surface area contributed by atoms with E-state index in [1.54, 1.807) is 13.8 Å². The lowest BCUT2D eigenvalue weighted by Gasteiger charge is -2.31.